The minimum Gasteiger partial charge on any atom is -0.308 e. The molecule has 2 heterocycles. The number of rotatable bonds is 4. The molecule has 4 nitrogen and oxygen atoms in total. The molecule has 0 aliphatic carbocycles. The maximum absolute atomic E-state index is 13.0. The van der Waals surface area contributed by atoms with Crippen LogP contribution in [0.4, 0.5) is 5.69 Å². The van der Waals surface area contributed by atoms with Crippen LogP contribution in [0, 0.1) is 0 Å². The van der Waals surface area contributed by atoms with Crippen LogP contribution in [0.25, 0.3) is 5.57 Å². The lowest BCUT2D eigenvalue weighted by Gasteiger charge is -2.15. The quantitative estimate of drug-likeness (QED) is 0.418. The van der Waals surface area contributed by atoms with Gasteiger partial charge in [0.25, 0.3) is 11.8 Å². The van der Waals surface area contributed by atoms with Gasteiger partial charge in [-0.1, -0.05) is 52.9 Å². The van der Waals surface area contributed by atoms with Crippen LogP contribution in [-0.2, 0) is 9.59 Å². The molecule has 7 heteroatoms. The molecule has 0 atom stereocenters. The van der Waals surface area contributed by atoms with Crippen LogP contribution in [0.5, 0.6) is 0 Å². The van der Waals surface area contributed by atoms with Crippen molar-refractivity contribution in [1.82, 2.24) is 4.90 Å². The summed E-state index contributed by atoms with van der Waals surface area (Å²) in [5, 5.41) is 0. The summed E-state index contributed by atoms with van der Waals surface area (Å²) in [5.74, 6) is -0.360. The first-order chi connectivity index (χ1) is 11.5. The molecule has 2 amide bonds. The normalized spacial score (nSPS) is 20.2. The van der Waals surface area contributed by atoms with Gasteiger partial charge in [0, 0.05) is 23.1 Å². The van der Waals surface area contributed by atoms with Crippen molar-refractivity contribution in [3.05, 3.63) is 45.8 Å². The van der Waals surface area contributed by atoms with Crippen LogP contribution >= 0.6 is 39.9 Å². The fourth-order valence-corrected chi connectivity index (χ4v) is 4.51. The van der Waals surface area contributed by atoms with E-state index >= 15 is 0 Å². The number of carbonyl (C=O) groups is 2. The van der Waals surface area contributed by atoms with E-state index in [-0.39, 0.29) is 11.8 Å². The third kappa shape index (κ3) is 2.74. The van der Waals surface area contributed by atoms with Crippen molar-refractivity contribution < 1.29 is 9.59 Å². The van der Waals surface area contributed by atoms with Gasteiger partial charge in [-0.15, -0.1) is 6.58 Å². The summed E-state index contributed by atoms with van der Waals surface area (Å²) in [4.78, 5) is 29.3. The highest BCUT2D eigenvalue weighted by molar-refractivity contribution is 9.10. The Bertz CT molecular complexity index is 804. The second-order valence-electron chi connectivity index (χ2n) is 5.39. The summed E-state index contributed by atoms with van der Waals surface area (Å²) in [6.45, 7) is 6.64. The first-order valence-corrected chi connectivity index (χ1v) is 9.52. The molecule has 0 N–H and O–H groups in total. The Morgan fingerprint density at radius 2 is 2.04 bits per heavy atom. The Hall–Kier alpha value is -1.44. The number of hydrogen-bond donors (Lipinski definition) is 0. The lowest BCUT2D eigenvalue weighted by atomic mass is 10.1. The van der Waals surface area contributed by atoms with Crippen molar-refractivity contribution in [2.24, 2.45) is 0 Å². The molecule has 124 valence electrons. The highest BCUT2D eigenvalue weighted by atomic mass is 79.9. The Labute approximate surface area is 158 Å². The smallest absolute Gasteiger partial charge is 0.267 e. The number of hydrogen-bond acceptors (Lipinski definition) is 4. The third-order valence-corrected chi connectivity index (χ3v) is 5.75. The van der Waals surface area contributed by atoms with Crippen LogP contribution in [0.3, 0.4) is 0 Å². The highest BCUT2D eigenvalue weighted by Crippen LogP contribution is 2.45. The molecule has 24 heavy (non-hydrogen) atoms. The number of fused-ring (bicyclic) bond motifs is 1. The fraction of sp³-hybridized carbons (Fsp3) is 0.235. The molecule has 0 aromatic heterocycles. The van der Waals surface area contributed by atoms with Gasteiger partial charge in [-0.3, -0.25) is 14.5 Å². The monoisotopic (exact) mass is 422 g/mol. The Morgan fingerprint density at radius 3 is 2.71 bits per heavy atom. The van der Waals surface area contributed by atoms with Gasteiger partial charge in [0.05, 0.1) is 16.2 Å². The predicted molar refractivity (Wildman–Crippen MR) is 106 cm³/mol. The molecular formula is C17H15BrN2O2S2. The molecule has 1 fully saturated rings. The number of anilines is 1. The number of amides is 2. The number of benzene rings is 1. The fourth-order valence-electron chi connectivity index (χ4n) is 2.80. The number of nitrogens with zero attached hydrogens (tertiary/aromatic N) is 2. The van der Waals surface area contributed by atoms with Crippen molar-refractivity contribution in [3.8, 4) is 0 Å². The minimum absolute atomic E-state index is 0.135. The molecule has 2 aliphatic heterocycles. The summed E-state index contributed by atoms with van der Waals surface area (Å²) in [5.41, 5.74) is 2.07. The zero-order valence-corrected chi connectivity index (χ0v) is 16.3. The van der Waals surface area contributed by atoms with Crippen LogP contribution in [0.1, 0.15) is 18.9 Å². The summed E-state index contributed by atoms with van der Waals surface area (Å²) in [7, 11) is 0. The van der Waals surface area contributed by atoms with Crippen LogP contribution in [0.15, 0.2) is 40.2 Å². The van der Waals surface area contributed by atoms with E-state index in [1.165, 1.54) is 16.7 Å². The van der Waals surface area contributed by atoms with Crippen molar-refractivity contribution in [1.29, 1.82) is 0 Å². The number of thioether (sulfide) groups is 1. The predicted octanol–water partition coefficient (Wildman–Crippen LogP) is 3.96. The van der Waals surface area contributed by atoms with Gasteiger partial charge in [0.15, 0.2) is 0 Å². The van der Waals surface area contributed by atoms with E-state index in [9.17, 15) is 9.59 Å². The molecule has 0 unspecified atom stereocenters. The van der Waals surface area contributed by atoms with Gasteiger partial charge in [0.1, 0.15) is 4.32 Å². The van der Waals surface area contributed by atoms with E-state index in [2.05, 4.69) is 22.5 Å². The molecule has 2 aliphatic rings. The molecule has 1 aromatic rings. The molecule has 0 spiro atoms. The Morgan fingerprint density at radius 1 is 1.29 bits per heavy atom. The topological polar surface area (TPSA) is 40.6 Å². The van der Waals surface area contributed by atoms with Gasteiger partial charge in [0.2, 0.25) is 0 Å². The van der Waals surface area contributed by atoms with Gasteiger partial charge in [-0.05, 0) is 24.6 Å². The first kappa shape index (κ1) is 17.4. The van der Waals surface area contributed by atoms with Gasteiger partial charge in [-0.2, -0.15) is 0 Å². The average molecular weight is 423 g/mol. The van der Waals surface area contributed by atoms with Crippen molar-refractivity contribution in [2.75, 3.05) is 18.0 Å². The third-order valence-electron chi connectivity index (χ3n) is 3.81. The van der Waals surface area contributed by atoms with E-state index in [4.69, 9.17) is 12.2 Å². The summed E-state index contributed by atoms with van der Waals surface area (Å²) >= 11 is 9.93. The molecular weight excluding hydrogens is 408 g/mol. The van der Waals surface area contributed by atoms with Crippen LogP contribution < -0.4 is 4.90 Å². The van der Waals surface area contributed by atoms with Crippen molar-refractivity contribution >= 4 is 67.3 Å². The molecule has 0 bridgehead atoms. The first-order valence-electron chi connectivity index (χ1n) is 7.50. The Balaban J connectivity index is 2.16. The van der Waals surface area contributed by atoms with Crippen molar-refractivity contribution in [3.63, 3.8) is 0 Å². The summed E-state index contributed by atoms with van der Waals surface area (Å²) in [6, 6.07) is 5.70. The van der Waals surface area contributed by atoms with Crippen LogP contribution in [-0.4, -0.2) is 34.1 Å². The molecule has 3 rings (SSSR count). The van der Waals surface area contributed by atoms with E-state index < -0.39 is 0 Å². The lowest BCUT2D eigenvalue weighted by molar-refractivity contribution is -0.122. The summed E-state index contributed by atoms with van der Waals surface area (Å²) in [6.07, 6.45) is 2.47. The van der Waals surface area contributed by atoms with Gasteiger partial charge in [-0.25, -0.2) is 0 Å². The zero-order chi connectivity index (χ0) is 17.4. The maximum Gasteiger partial charge on any atom is 0.267 e. The van der Waals surface area contributed by atoms with Crippen molar-refractivity contribution in [2.45, 2.75) is 13.3 Å². The standard InChI is InChI=1S/C17H15BrN2O2S2/c1-3-7-19-12-6-5-10(18)9-11(12)13(15(19)21)14-16(22)20(8-4-2)17(23)24-14/h4-6,9H,2-3,7-8H2,1H3/b14-13+. The molecule has 0 radical (unpaired) electrons. The maximum atomic E-state index is 13.0. The number of halogens is 1. The molecule has 1 saturated heterocycles. The number of thiocarbonyl (C=S) groups is 1. The van der Waals surface area contributed by atoms with Gasteiger partial charge < -0.3 is 4.90 Å². The minimum atomic E-state index is -0.225. The SMILES string of the molecule is C=CCN1C(=O)/C(=C2\C(=O)N(CCC)c3ccc(Br)cc32)SC1=S. The van der Waals surface area contributed by atoms with Crippen LogP contribution in [0.2, 0.25) is 0 Å². The second kappa shape index (κ2) is 6.82. The van der Waals surface area contributed by atoms with E-state index in [1.54, 1.807) is 11.0 Å². The Kier molecular flexibility index (Phi) is 4.94. The van der Waals surface area contributed by atoms with E-state index in [1.807, 2.05) is 25.1 Å². The van der Waals surface area contributed by atoms with E-state index in [0.29, 0.717) is 27.9 Å². The summed E-state index contributed by atoms with van der Waals surface area (Å²) < 4.78 is 1.33. The largest absolute Gasteiger partial charge is 0.308 e. The highest BCUT2D eigenvalue weighted by Gasteiger charge is 2.41. The van der Waals surface area contributed by atoms with Gasteiger partial charge >= 0.3 is 0 Å². The zero-order valence-electron chi connectivity index (χ0n) is 13.0. The second-order valence-corrected chi connectivity index (χ2v) is 7.95. The lowest BCUT2D eigenvalue weighted by Crippen LogP contribution is -2.29. The van der Waals surface area contributed by atoms with E-state index in [0.717, 1.165) is 22.1 Å². The average Bonchev–Trinajstić information content (AvgIpc) is 2.96. The molecule has 0 saturated carbocycles. The number of carbonyl (C=O) groups excluding carboxylic acids is 2. The molecule has 1 aromatic carbocycles.